The number of carbonyl (C=O) groups is 1. The molecular weight excluding hydrogens is 338 g/mol. The van der Waals surface area contributed by atoms with Gasteiger partial charge in [0.05, 0.1) is 5.69 Å². The molecule has 2 heterocycles. The second kappa shape index (κ2) is 5.99. The van der Waals surface area contributed by atoms with Crippen molar-refractivity contribution in [1.29, 1.82) is 0 Å². The molecule has 0 fully saturated rings. The molecule has 1 amide bonds. The zero-order chi connectivity index (χ0) is 18.4. The van der Waals surface area contributed by atoms with Crippen LogP contribution in [0.5, 0.6) is 11.5 Å². The molecule has 0 aromatic heterocycles. The number of amides is 1. The molecule has 132 valence electrons. The first-order valence-electron chi connectivity index (χ1n) is 8.83. The number of hydrogen-bond donors (Lipinski definition) is 1. The van der Waals surface area contributed by atoms with Gasteiger partial charge < -0.3 is 10.5 Å². The second-order valence-electron chi connectivity index (χ2n) is 6.64. The Morgan fingerprint density at radius 3 is 1.96 bits per heavy atom. The van der Waals surface area contributed by atoms with Gasteiger partial charge in [-0.15, -0.1) is 0 Å². The summed E-state index contributed by atoms with van der Waals surface area (Å²) in [7, 11) is 0. The average molecular weight is 355 g/mol. The maximum absolute atomic E-state index is 13.3. The zero-order valence-electron chi connectivity index (χ0n) is 14.4. The van der Waals surface area contributed by atoms with Crippen LogP contribution < -0.4 is 15.5 Å². The summed E-state index contributed by atoms with van der Waals surface area (Å²) in [6.45, 7) is 0. The van der Waals surface area contributed by atoms with Crippen LogP contribution in [-0.4, -0.2) is 11.7 Å². The molecule has 0 saturated carbocycles. The summed E-state index contributed by atoms with van der Waals surface area (Å²) < 4.78 is 6.04. The number of para-hydroxylation sites is 3. The zero-order valence-corrected chi connectivity index (χ0v) is 14.4. The molecule has 0 aliphatic carbocycles. The van der Waals surface area contributed by atoms with Crippen LogP contribution in [0, 0.1) is 5.92 Å². The van der Waals surface area contributed by atoms with Crippen LogP contribution in [0.25, 0.3) is 0 Å². The Labute approximate surface area is 156 Å². The molecule has 5 rings (SSSR count). The van der Waals surface area contributed by atoms with Gasteiger partial charge in [0.1, 0.15) is 23.3 Å². The average Bonchev–Trinajstić information content (AvgIpc) is 3.01. The van der Waals surface area contributed by atoms with Crippen molar-refractivity contribution in [3.8, 4) is 11.5 Å². The normalized spacial score (nSPS) is 18.5. The third kappa shape index (κ3) is 2.39. The fourth-order valence-corrected chi connectivity index (χ4v) is 3.86. The maximum atomic E-state index is 13.3. The molecule has 1 atom stereocenters. The van der Waals surface area contributed by atoms with Crippen LogP contribution in [0.2, 0.25) is 0 Å². The van der Waals surface area contributed by atoms with Crippen molar-refractivity contribution in [3.05, 3.63) is 90.0 Å². The van der Waals surface area contributed by atoms with Gasteiger partial charge in [-0.1, -0.05) is 54.6 Å². The topological polar surface area (TPSA) is 67.9 Å². The predicted octanol–water partition coefficient (Wildman–Crippen LogP) is 3.86. The minimum absolute atomic E-state index is 0.129. The molecule has 1 unspecified atom stereocenters. The van der Waals surface area contributed by atoms with Crippen LogP contribution in [0.4, 0.5) is 5.69 Å². The molecule has 0 radical (unpaired) electrons. The van der Waals surface area contributed by atoms with Gasteiger partial charge in [0.2, 0.25) is 0 Å². The molecule has 2 aliphatic heterocycles. The molecule has 0 spiro atoms. The molecule has 0 saturated heterocycles. The van der Waals surface area contributed by atoms with Crippen molar-refractivity contribution in [3.63, 3.8) is 0 Å². The van der Waals surface area contributed by atoms with E-state index in [1.54, 1.807) is 0 Å². The van der Waals surface area contributed by atoms with Crippen LogP contribution in [0.15, 0.2) is 84.0 Å². The number of amidine groups is 1. The number of hydrogen-bond acceptors (Lipinski definition) is 4. The van der Waals surface area contributed by atoms with E-state index in [1.807, 2.05) is 78.9 Å². The van der Waals surface area contributed by atoms with E-state index < -0.39 is 5.92 Å². The number of nitrogens with two attached hydrogens (primary N) is 1. The van der Waals surface area contributed by atoms with Gasteiger partial charge in [0.25, 0.3) is 5.91 Å². The van der Waals surface area contributed by atoms with Crippen molar-refractivity contribution in [2.45, 2.75) is 5.92 Å². The molecule has 2 aliphatic rings. The Balaban J connectivity index is 1.63. The smallest absolute Gasteiger partial charge is 0.259 e. The van der Waals surface area contributed by atoms with Crippen molar-refractivity contribution >= 4 is 17.4 Å². The molecule has 3 aromatic rings. The van der Waals surface area contributed by atoms with Crippen LogP contribution in [-0.2, 0) is 4.79 Å². The Morgan fingerprint density at radius 2 is 1.33 bits per heavy atom. The van der Waals surface area contributed by atoms with E-state index in [0.717, 1.165) is 22.6 Å². The molecule has 5 nitrogen and oxygen atoms in total. The number of nitrogens with zero attached hydrogens (tertiary/aromatic N) is 2. The SMILES string of the molecule is NC1=NN(c2ccccc2)C(=O)C1C1c2ccccc2Oc2ccccc21. The number of hydrazone groups is 1. The van der Waals surface area contributed by atoms with Gasteiger partial charge >= 0.3 is 0 Å². The van der Waals surface area contributed by atoms with E-state index in [2.05, 4.69) is 5.10 Å². The van der Waals surface area contributed by atoms with Gasteiger partial charge in [0, 0.05) is 17.0 Å². The van der Waals surface area contributed by atoms with E-state index in [0.29, 0.717) is 11.5 Å². The summed E-state index contributed by atoms with van der Waals surface area (Å²) in [5.74, 6) is 0.878. The van der Waals surface area contributed by atoms with Gasteiger partial charge in [-0.05, 0) is 24.3 Å². The Bertz CT molecular complexity index is 1020. The van der Waals surface area contributed by atoms with E-state index >= 15 is 0 Å². The monoisotopic (exact) mass is 355 g/mol. The molecule has 5 heteroatoms. The lowest BCUT2D eigenvalue weighted by Gasteiger charge is -2.31. The third-order valence-corrected chi connectivity index (χ3v) is 5.07. The summed E-state index contributed by atoms with van der Waals surface area (Å²) in [6.07, 6.45) is 0. The summed E-state index contributed by atoms with van der Waals surface area (Å²) in [6, 6.07) is 24.9. The quantitative estimate of drug-likeness (QED) is 0.759. The summed E-state index contributed by atoms with van der Waals surface area (Å²) in [5, 5.41) is 5.78. The lowest BCUT2D eigenvalue weighted by molar-refractivity contribution is -0.120. The van der Waals surface area contributed by atoms with E-state index in [1.165, 1.54) is 5.01 Å². The number of rotatable bonds is 2. The first kappa shape index (κ1) is 15.6. The van der Waals surface area contributed by atoms with E-state index in [9.17, 15) is 4.79 Å². The first-order valence-corrected chi connectivity index (χ1v) is 8.83. The predicted molar refractivity (Wildman–Crippen MR) is 104 cm³/mol. The highest BCUT2D eigenvalue weighted by Gasteiger charge is 2.45. The van der Waals surface area contributed by atoms with Crippen molar-refractivity contribution < 1.29 is 9.53 Å². The first-order chi connectivity index (χ1) is 13.2. The van der Waals surface area contributed by atoms with Gasteiger partial charge in [0.15, 0.2) is 0 Å². The number of anilines is 1. The highest BCUT2D eigenvalue weighted by Crippen LogP contribution is 2.48. The third-order valence-electron chi connectivity index (χ3n) is 5.07. The molecule has 3 aromatic carbocycles. The largest absolute Gasteiger partial charge is 0.457 e. The molecular formula is C22H17N3O2. The van der Waals surface area contributed by atoms with Gasteiger partial charge in [-0.25, -0.2) is 0 Å². The van der Waals surface area contributed by atoms with Crippen LogP contribution >= 0.6 is 0 Å². The summed E-state index contributed by atoms with van der Waals surface area (Å²) >= 11 is 0. The fraction of sp³-hybridized carbons (Fsp3) is 0.0909. The fourth-order valence-electron chi connectivity index (χ4n) is 3.86. The standard InChI is InChI=1S/C22H17N3O2/c23-21-20(22(26)25(24-21)14-8-2-1-3-9-14)19-15-10-4-6-12-17(15)27-18-13-7-5-11-16(18)19/h1-13,19-20H,(H2,23,24). The Kier molecular flexibility index (Phi) is 3.47. The van der Waals surface area contributed by atoms with Crippen LogP contribution in [0.3, 0.4) is 0 Å². The van der Waals surface area contributed by atoms with Crippen molar-refractivity contribution in [2.24, 2.45) is 16.8 Å². The van der Waals surface area contributed by atoms with Gasteiger partial charge in [-0.2, -0.15) is 10.1 Å². The van der Waals surface area contributed by atoms with Crippen molar-refractivity contribution in [1.82, 2.24) is 0 Å². The maximum Gasteiger partial charge on any atom is 0.259 e. The highest BCUT2D eigenvalue weighted by molar-refractivity contribution is 6.15. The minimum atomic E-state index is -0.573. The molecule has 2 N–H and O–H groups in total. The lowest BCUT2D eigenvalue weighted by atomic mass is 9.78. The number of ether oxygens (including phenoxy) is 1. The highest BCUT2D eigenvalue weighted by atomic mass is 16.5. The summed E-state index contributed by atoms with van der Waals surface area (Å²) in [5.41, 5.74) is 8.89. The number of carbonyl (C=O) groups excluding carboxylic acids is 1. The van der Waals surface area contributed by atoms with Crippen molar-refractivity contribution in [2.75, 3.05) is 5.01 Å². The lowest BCUT2D eigenvalue weighted by Crippen LogP contribution is -2.36. The number of benzene rings is 3. The van der Waals surface area contributed by atoms with Gasteiger partial charge in [-0.3, -0.25) is 4.79 Å². The van der Waals surface area contributed by atoms with E-state index in [4.69, 9.17) is 10.5 Å². The summed E-state index contributed by atoms with van der Waals surface area (Å²) in [4.78, 5) is 13.3. The minimum Gasteiger partial charge on any atom is -0.457 e. The number of fused-ring (bicyclic) bond motifs is 2. The molecule has 0 bridgehead atoms. The second-order valence-corrected chi connectivity index (χ2v) is 6.64. The molecule has 27 heavy (non-hydrogen) atoms. The Morgan fingerprint density at radius 1 is 0.778 bits per heavy atom. The van der Waals surface area contributed by atoms with Crippen LogP contribution in [0.1, 0.15) is 17.0 Å². The van der Waals surface area contributed by atoms with E-state index in [-0.39, 0.29) is 11.8 Å². The Hall–Kier alpha value is -3.60.